The second kappa shape index (κ2) is 9.51. The third-order valence-corrected chi connectivity index (χ3v) is 5.24. The lowest BCUT2D eigenvalue weighted by atomic mass is 9.98. The van der Waals surface area contributed by atoms with Gasteiger partial charge < -0.3 is 20.6 Å². The standard InChI is InChI=1S/C23H28N2O3/c1-16(24)8-2-3-9-17(14-26)25-23(27)28-15-22-20-12-6-4-10-18(20)19-11-5-7-13-21(19)22/h4-7,10-13,17,22,24,26H,2-3,8-9,14-15H2,1H3,(H,25,27). The number of aliphatic hydroxyl groups is 1. The Hall–Kier alpha value is -2.66. The zero-order valence-corrected chi connectivity index (χ0v) is 16.3. The van der Waals surface area contributed by atoms with Crippen molar-refractivity contribution in [2.75, 3.05) is 13.2 Å². The number of aliphatic hydroxyl groups excluding tert-OH is 1. The second-order valence-corrected chi connectivity index (χ2v) is 7.38. The van der Waals surface area contributed by atoms with Gasteiger partial charge in [-0.15, -0.1) is 0 Å². The molecule has 1 aliphatic rings. The van der Waals surface area contributed by atoms with E-state index in [1.807, 2.05) is 24.3 Å². The van der Waals surface area contributed by atoms with Gasteiger partial charge in [0, 0.05) is 11.6 Å². The first-order valence-corrected chi connectivity index (χ1v) is 9.86. The van der Waals surface area contributed by atoms with E-state index >= 15 is 0 Å². The molecule has 3 rings (SSSR count). The summed E-state index contributed by atoms with van der Waals surface area (Å²) in [7, 11) is 0. The molecule has 0 saturated carbocycles. The number of hydrogen-bond acceptors (Lipinski definition) is 4. The van der Waals surface area contributed by atoms with E-state index in [4.69, 9.17) is 10.1 Å². The average molecular weight is 380 g/mol. The van der Waals surface area contributed by atoms with Crippen molar-refractivity contribution in [1.82, 2.24) is 5.32 Å². The molecular formula is C23H28N2O3. The summed E-state index contributed by atoms with van der Waals surface area (Å²) in [5.41, 5.74) is 5.41. The SMILES string of the molecule is CC(=N)CCCCC(CO)NC(=O)OCC1c2ccccc2-c2ccccc21. The molecule has 0 spiro atoms. The Morgan fingerprint density at radius 1 is 1.11 bits per heavy atom. The Balaban J connectivity index is 1.55. The molecule has 148 valence electrons. The van der Waals surface area contributed by atoms with Gasteiger partial charge in [0.15, 0.2) is 0 Å². The first kappa shape index (κ1) is 20.1. The van der Waals surface area contributed by atoms with Crippen LogP contribution in [0.4, 0.5) is 4.79 Å². The number of carbonyl (C=O) groups excluding carboxylic acids is 1. The fraction of sp³-hybridized carbons (Fsp3) is 0.391. The Labute approximate surface area is 166 Å². The Morgan fingerprint density at radius 3 is 2.29 bits per heavy atom. The van der Waals surface area contributed by atoms with Crippen LogP contribution in [0.3, 0.4) is 0 Å². The maximum absolute atomic E-state index is 12.3. The van der Waals surface area contributed by atoms with E-state index < -0.39 is 6.09 Å². The highest BCUT2D eigenvalue weighted by molar-refractivity contribution is 5.79. The van der Waals surface area contributed by atoms with Crippen LogP contribution >= 0.6 is 0 Å². The maximum Gasteiger partial charge on any atom is 0.407 e. The van der Waals surface area contributed by atoms with Crippen molar-refractivity contribution >= 4 is 11.8 Å². The second-order valence-electron chi connectivity index (χ2n) is 7.38. The molecule has 0 radical (unpaired) electrons. The number of benzene rings is 2. The third kappa shape index (κ3) is 4.78. The minimum absolute atomic E-state index is 0.0290. The maximum atomic E-state index is 12.3. The monoisotopic (exact) mass is 380 g/mol. The Bertz CT molecular complexity index is 789. The lowest BCUT2D eigenvalue weighted by Gasteiger charge is -2.18. The number of rotatable bonds is 9. The lowest BCUT2D eigenvalue weighted by molar-refractivity contribution is 0.131. The van der Waals surface area contributed by atoms with Crippen LogP contribution in [0.5, 0.6) is 0 Å². The zero-order valence-electron chi connectivity index (χ0n) is 16.3. The molecule has 0 saturated heterocycles. The van der Waals surface area contributed by atoms with Gasteiger partial charge in [-0.05, 0) is 48.4 Å². The topological polar surface area (TPSA) is 82.4 Å². The van der Waals surface area contributed by atoms with Crippen molar-refractivity contribution < 1.29 is 14.6 Å². The van der Waals surface area contributed by atoms with E-state index in [0.29, 0.717) is 12.1 Å². The third-order valence-electron chi connectivity index (χ3n) is 5.24. The first-order valence-electron chi connectivity index (χ1n) is 9.86. The number of unbranched alkanes of at least 4 members (excludes halogenated alkanes) is 1. The van der Waals surface area contributed by atoms with Gasteiger partial charge in [0.25, 0.3) is 0 Å². The van der Waals surface area contributed by atoms with Gasteiger partial charge in [-0.3, -0.25) is 0 Å². The molecule has 0 fully saturated rings. The van der Waals surface area contributed by atoms with Crippen molar-refractivity contribution in [2.24, 2.45) is 0 Å². The molecule has 1 aliphatic carbocycles. The van der Waals surface area contributed by atoms with E-state index in [1.165, 1.54) is 22.3 Å². The van der Waals surface area contributed by atoms with Crippen molar-refractivity contribution in [2.45, 2.75) is 44.6 Å². The first-order chi connectivity index (χ1) is 13.6. The quantitative estimate of drug-likeness (QED) is 0.443. The van der Waals surface area contributed by atoms with Crippen LogP contribution in [0.2, 0.25) is 0 Å². The zero-order chi connectivity index (χ0) is 19.9. The van der Waals surface area contributed by atoms with E-state index in [0.717, 1.165) is 19.3 Å². The largest absolute Gasteiger partial charge is 0.449 e. The summed E-state index contributed by atoms with van der Waals surface area (Å²) >= 11 is 0. The summed E-state index contributed by atoms with van der Waals surface area (Å²) in [5.74, 6) is 0.0290. The number of fused-ring (bicyclic) bond motifs is 3. The van der Waals surface area contributed by atoms with Gasteiger partial charge in [-0.25, -0.2) is 4.79 Å². The molecule has 0 heterocycles. The highest BCUT2D eigenvalue weighted by Crippen LogP contribution is 2.44. The fourth-order valence-electron chi connectivity index (χ4n) is 3.80. The number of nitrogens with one attached hydrogen (secondary N) is 2. The molecule has 1 unspecified atom stereocenters. The summed E-state index contributed by atoms with van der Waals surface area (Å²) in [5, 5.41) is 19.7. The van der Waals surface area contributed by atoms with Crippen molar-refractivity contribution in [3.8, 4) is 11.1 Å². The normalized spacial score (nSPS) is 13.5. The van der Waals surface area contributed by atoms with Crippen LogP contribution in [0.1, 0.15) is 49.7 Å². The summed E-state index contributed by atoms with van der Waals surface area (Å²) in [6, 6.07) is 16.1. The summed E-state index contributed by atoms with van der Waals surface area (Å²) in [6.45, 7) is 1.94. The van der Waals surface area contributed by atoms with Gasteiger partial charge in [0.2, 0.25) is 0 Å². The van der Waals surface area contributed by atoms with Crippen LogP contribution in [-0.2, 0) is 4.74 Å². The highest BCUT2D eigenvalue weighted by Gasteiger charge is 2.29. The van der Waals surface area contributed by atoms with E-state index in [9.17, 15) is 9.90 Å². The van der Waals surface area contributed by atoms with E-state index in [2.05, 4.69) is 29.6 Å². The molecule has 3 N–H and O–H groups in total. The molecule has 0 bridgehead atoms. The Kier molecular flexibility index (Phi) is 6.82. The molecule has 28 heavy (non-hydrogen) atoms. The molecular weight excluding hydrogens is 352 g/mol. The minimum atomic E-state index is -0.496. The van der Waals surface area contributed by atoms with Crippen LogP contribution in [-0.4, -0.2) is 36.2 Å². The predicted molar refractivity (Wildman–Crippen MR) is 111 cm³/mol. The number of carbonyl (C=O) groups is 1. The summed E-state index contributed by atoms with van der Waals surface area (Å²) in [6.07, 6.45) is 2.67. The Morgan fingerprint density at radius 2 is 1.71 bits per heavy atom. The van der Waals surface area contributed by atoms with E-state index in [1.54, 1.807) is 6.92 Å². The smallest absolute Gasteiger partial charge is 0.407 e. The molecule has 2 aromatic carbocycles. The molecule has 5 heteroatoms. The van der Waals surface area contributed by atoms with Crippen molar-refractivity contribution in [1.29, 1.82) is 5.41 Å². The lowest BCUT2D eigenvalue weighted by Crippen LogP contribution is -2.38. The summed E-state index contributed by atoms with van der Waals surface area (Å²) < 4.78 is 5.52. The van der Waals surface area contributed by atoms with Gasteiger partial charge in [-0.1, -0.05) is 55.0 Å². The molecule has 1 atom stereocenters. The molecule has 0 aromatic heterocycles. The van der Waals surface area contributed by atoms with Crippen LogP contribution < -0.4 is 5.32 Å². The molecule has 0 aliphatic heterocycles. The average Bonchev–Trinajstić information content (AvgIpc) is 3.02. The fourth-order valence-corrected chi connectivity index (χ4v) is 3.80. The molecule has 5 nitrogen and oxygen atoms in total. The van der Waals surface area contributed by atoms with Gasteiger partial charge in [0.1, 0.15) is 6.61 Å². The minimum Gasteiger partial charge on any atom is -0.449 e. The molecule has 2 aromatic rings. The van der Waals surface area contributed by atoms with Gasteiger partial charge >= 0.3 is 6.09 Å². The van der Waals surface area contributed by atoms with Crippen molar-refractivity contribution in [3.05, 3.63) is 59.7 Å². The van der Waals surface area contributed by atoms with E-state index in [-0.39, 0.29) is 25.2 Å². The number of alkyl carbamates (subject to hydrolysis) is 1. The number of amides is 1. The van der Waals surface area contributed by atoms with Crippen molar-refractivity contribution in [3.63, 3.8) is 0 Å². The van der Waals surface area contributed by atoms with Crippen LogP contribution in [0.25, 0.3) is 11.1 Å². The highest BCUT2D eigenvalue weighted by atomic mass is 16.5. The number of ether oxygens (including phenoxy) is 1. The van der Waals surface area contributed by atoms with Crippen LogP contribution in [0, 0.1) is 5.41 Å². The molecule has 1 amide bonds. The van der Waals surface area contributed by atoms with Crippen LogP contribution in [0.15, 0.2) is 48.5 Å². The van der Waals surface area contributed by atoms with Gasteiger partial charge in [-0.2, -0.15) is 0 Å². The van der Waals surface area contributed by atoms with Gasteiger partial charge in [0.05, 0.1) is 12.6 Å². The predicted octanol–water partition coefficient (Wildman–Crippen LogP) is 4.49. The summed E-state index contributed by atoms with van der Waals surface area (Å²) in [4.78, 5) is 12.3. The number of hydrogen-bond donors (Lipinski definition) is 3.